The van der Waals surface area contributed by atoms with Gasteiger partial charge >= 0.3 is 6.19 Å². The number of fused-ring (bicyclic) bond motifs is 5. The van der Waals surface area contributed by atoms with E-state index in [4.69, 9.17) is 0 Å². The van der Waals surface area contributed by atoms with Crippen LogP contribution in [0.15, 0.2) is 48.1 Å². The topological polar surface area (TPSA) is 54.0 Å². The summed E-state index contributed by atoms with van der Waals surface area (Å²) in [6, 6.07) is 6.20. The Hall–Kier alpha value is -2.71. The van der Waals surface area contributed by atoms with E-state index in [-0.39, 0.29) is 4.48 Å². The van der Waals surface area contributed by atoms with E-state index < -0.39 is 0 Å². The Morgan fingerprint density at radius 1 is 1.40 bits per heavy atom. The summed E-state index contributed by atoms with van der Waals surface area (Å²) >= 11 is 0. The lowest BCUT2D eigenvalue weighted by Crippen LogP contribution is -2.40. The average molecular weight is 262 g/mol. The first-order valence-electron chi connectivity index (χ1n) is 6.41. The summed E-state index contributed by atoms with van der Waals surface area (Å²) in [5.41, 5.74) is 4.20. The third kappa shape index (κ3) is 1.29. The number of hydrogen-bond donors (Lipinski definition) is 0. The van der Waals surface area contributed by atoms with Crippen molar-refractivity contribution in [3.8, 4) is 11.9 Å². The van der Waals surface area contributed by atoms with Crippen LogP contribution in [0.4, 0.5) is 0 Å². The molecule has 2 aromatic rings. The maximum Gasteiger partial charge on any atom is 0.321 e. The minimum absolute atomic E-state index is 0.0851. The van der Waals surface area contributed by atoms with Gasteiger partial charge in [-0.2, -0.15) is 4.99 Å². The maximum atomic E-state index is 9.68. The van der Waals surface area contributed by atoms with Crippen molar-refractivity contribution >= 4 is 5.84 Å². The van der Waals surface area contributed by atoms with Crippen molar-refractivity contribution in [1.29, 1.82) is 5.26 Å². The highest BCUT2D eigenvalue weighted by Gasteiger charge is 2.42. The second-order valence-electron chi connectivity index (χ2n) is 5.15. The van der Waals surface area contributed by atoms with Crippen LogP contribution in [0.25, 0.3) is 5.69 Å². The first kappa shape index (κ1) is 11.1. The number of hydrogen-bond acceptors (Lipinski definition) is 3. The molecule has 0 saturated heterocycles. The number of aryl methyl sites for hydroxylation is 1. The number of quaternary nitrogens is 1. The largest absolute Gasteiger partial charge is 0.321 e. The van der Waals surface area contributed by atoms with Gasteiger partial charge in [0.15, 0.2) is 0 Å². The average Bonchev–Trinajstić information content (AvgIpc) is 3.05. The van der Waals surface area contributed by atoms with E-state index in [0.29, 0.717) is 6.54 Å². The van der Waals surface area contributed by atoms with Crippen molar-refractivity contribution in [2.45, 2.75) is 13.5 Å². The van der Waals surface area contributed by atoms with E-state index in [1.165, 1.54) is 5.56 Å². The molecule has 96 valence electrons. The van der Waals surface area contributed by atoms with Crippen LogP contribution in [0.1, 0.15) is 16.8 Å². The summed E-state index contributed by atoms with van der Waals surface area (Å²) < 4.78 is 2.14. The van der Waals surface area contributed by atoms with E-state index in [0.717, 1.165) is 22.8 Å². The number of amidine groups is 1. The highest BCUT2D eigenvalue weighted by Crippen LogP contribution is 2.32. The molecule has 1 aromatic carbocycles. The number of aromatic nitrogens is 2. The summed E-state index contributed by atoms with van der Waals surface area (Å²) in [5.74, 6) is 0.784. The van der Waals surface area contributed by atoms with Crippen LogP contribution in [-0.4, -0.2) is 19.9 Å². The Morgan fingerprint density at radius 2 is 2.30 bits per heavy atom. The summed E-state index contributed by atoms with van der Waals surface area (Å²) in [6.07, 6.45) is 9.55. The van der Waals surface area contributed by atoms with Crippen molar-refractivity contribution in [1.82, 2.24) is 9.55 Å². The standard InChI is InChI=1S/C15H12N5/c1-11-2-3-13-14(6-11)19-10-17-7-12(19)8-20(9-16)5-4-18-15(13)20/h2-7,10H,8H2,1H3/q+1. The molecule has 5 heteroatoms. The van der Waals surface area contributed by atoms with E-state index in [1.807, 2.05) is 29.1 Å². The third-order valence-electron chi connectivity index (χ3n) is 3.85. The molecule has 4 rings (SSSR count). The minimum atomic E-state index is 0.0851. The smallest absolute Gasteiger partial charge is 0.297 e. The molecular weight excluding hydrogens is 250 g/mol. The second-order valence-corrected chi connectivity index (χ2v) is 5.15. The van der Waals surface area contributed by atoms with Crippen molar-refractivity contribution in [3.63, 3.8) is 0 Å². The molecular formula is C15H12N5+. The molecule has 5 nitrogen and oxygen atoms in total. The van der Waals surface area contributed by atoms with E-state index in [2.05, 4.69) is 29.2 Å². The predicted molar refractivity (Wildman–Crippen MR) is 73.6 cm³/mol. The Balaban J connectivity index is 2.10. The summed E-state index contributed by atoms with van der Waals surface area (Å²) in [6.45, 7) is 2.60. The minimum Gasteiger partial charge on any atom is -0.297 e. The fraction of sp³-hybridized carbons (Fsp3) is 0.133. The number of imidazole rings is 1. The summed E-state index contributed by atoms with van der Waals surface area (Å²) in [4.78, 5) is 8.68. The fourth-order valence-electron chi connectivity index (χ4n) is 2.86. The Bertz CT molecular complexity index is 821. The highest BCUT2D eigenvalue weighted by molar-refractivity contribution is 5.99. The van der Waals surface area contributed by atoms with Crippen LogP contribution < -0.4 is 0 Å². The van der Waals surface area contributed by atoms with Gasteiger partial charge in [0.25, 0.3) is 5.84 Å². The maximum absolute atomic E-state index is 9.68. The van der Waals surface area contributed by atoms with Crippen LogP contribution in [-0.2, 0) is 6.54 Å². The van der Waals surface area contributed by atoms with Crippen LogP contribution in [0.5, 0.6) is 0 Å². The fourth-order valence-corrected chi connectivity index (χ4v) is 2.86. The van der Waals surface area contributed by atoms with Gasteiger partial charge in [-0.1, -0.05) is 6.07 Å². The van der Waals surface area contributed by atoms with Crippen LogP contribution in [0, 0.1) is 18.4 Å². The van der Waals surface area contributed by atoms with Gasteiger partial charge in [-0.25, -0.2) is 4.98 Å². The number of nitriles is 1. The van der Waals surface area contributed by atoms with Crippen LogP contribution in [0.2, 0.25) is 0 Å². The summed E-state index contributed by atoms with van der Waals surface area (Å²) in [7, 11) is 0. The van der Waals surface area contributed by atoms with Gasteiger partial charge < -0.3 is 0 Å². The third-order valence-corrected chi connectivity index (χ3v) is 3.85. The quantitative estimate of drug-likeness (QED) is 0.540. The Kier molecular flexibility index (Phi) is 2.04. The van der Waals surface area contributed by atoms with E-state index >= 15 is 0 Å². The first-order valence-corrected chi connectivity index (χ1v) is 6.41. The predicted octanol–water partition coefficient (Wildman–Crippen LogP) is 2.22. The molecule has 0 saturated carbocycles. The summed E-state index contributed by atoms with van der Waals surface area (Å²) in [5, 5.41) is 9.68. The van der Waals surface area contributed by atoms with Crippen molar-refractivity contribution in [2.24, 2.45) is 4.99 Å². The molecule has 20 heavy (non-hydrogen) atoms. The lowest BCUT2D eigenvalue weighted by molar-refractivity contribution is -0.728. The molecule has 0 bridgehead atoms. The van der Waals surface area contributed by atoms with Gasteiger partial charge in [-0.15, -0.1) is 9.74 Å². The lowest BCUT2D eigenvalue weighted by atomic mass is 10.1. The van der Waals surface area contributed by atoms with Crippen LogP contribution >= 0.6 is 0 Å². The molecule has 3 heterocycles. The molecule has 0 aliphatic carbocycles. The van der Waals surface area contributed by atoms with E-state index in [9.17, 15) is 5.26 Å². The van der Waals surface area contributed by atoms with Crippen molar-refractivity contribution in [2.75, 3.05) is 0 Å². The monoisotopic (exact) mass is 262 g/mol. The van der Waals surface area contributed by atoms with Crippen molar-refractivity contribution < 1.29 is 4.48 Å². The molecule has 0 spiro atoms. The molecule has 2 aliphatic rings. The Morgan fingerprint density at radius 3 is 3.15 bits per heavy atom. The van der Waals surface area contributed by atoms with Crippen molar-refractivity contribution in [3.05, 3.63) is 59.9 Å². The number of benzene rings is 1. The van der Waals surface area contributed by atoms with Crippen LogP contribution in [0.3, 0.4) is 0 Å². The van der Waals surface area contributed by atoms with Gasteiger partial charge in [0.2, 0.25) is 0 Å². The number of nitrogens with zero attached hydrogens (tertiary/aromatic N) is 5. The second kappa shape index (κ2) is 3.65. The zero-order chi connectivity index (χ0) is 13.7. The van der Waals surface area contributed by atoms with Gasteiger partial charge in [0, 0.05) is 0 Å². The first-order chi connectivity index (χ1) is 9.73. The van der Waals surface area contributed by atoms with Gasteiger partial charge in [0.05, 0.1) is 35.7 Å². The van der Waals surface area contributed by atoms with E-state index in [1.54, 1.807) is 12.5 Å². The number of aliphatic imine (C=N–C) groups is 1. The lowest BCUT2D eigenvalue weighted by Gasteiger charge is -2.20. The molecule has 0 radical (unpaired) electrons. The normalized spacial score (nSPS) is 22.3. The van der Waals surface area contributed by atoms with Gasteiger partial charge in [-0.05, 0) is 24.6 Å². The molecule has 0 amide bonds. The molecule has 1 atom stereocenters. The zero-order valence-electron chi connectivity index (χ0n) is 11.0. The van der Waals surface area contributed by atoms with Gasteiger partial charge in [0.1, 0.15) is 12.7 Å². The van der Waals surface area contributed by atoms with Gasteiger partial charge in [-0.3, -0.25) is 4.57 Å². The Labute approximate surface area is 116 Å². The SMILES string of the molecule is Cc1ccc2c(c1)-n1cncc1C[N+]1(C#N)C=CN=C21. The molecule has 0 N–H and O–H groups in total. The zero-order valence-corrected chi connectivity index (χ0v) is 11.0. The number of rotatable bonds is 0. The molecule has 0 fully saturated rings. The highest BCUT2D eigenvalue weighted by atomic mass is 15.4. The molecule has 1 unspecified atom stereocenters. The molecule has 2 aliphatic heterocycles. The molecule has 1 aromatic heterocycles.